The molecule has 0 atom stereocenters. The van der Waals surface area contributed by atoms with Gasteiger partial charge in [-0.2, -0.15) is 0 Å². The van der Waals surface area contributed by atoms with Gasteiger partial charge >= 0.3 is 6.36 Å². The van der Waals surface area contributed by atoms with E-state index >= 15 is 0 Å². The first-order chi connectivity index (χ1) is 10.2. The third-order valence-electron chi connectivity index (χ3n) is 2.12. The van der Waals surface area contributed by atoms with Gasteiger partial charge in [-0.05, 0) is 38.5 Å². The van der Waals surface area contributed by atoms with E-state index in [2.05, 4.69) is 9.73 Å². The van der Waals surface area contributed by atoms with Crippen LogP contribution in [0.4, 0.5) is 13.2 Å². The zero-order valence-electron chi connectivity index (χ0n) is 13.8. The SMILES string of the molecule is CC.CN=C/C(C)=C(\C)Cl.Cc1ccc(OC(F)(F)F)cc1. The summed E-state index contributed by atoms with van der Waals surface area (Å²) in [6, 6.07) is 5.67. The van der Waals surface area contributed by atoms with Gasteiger partial charge in [-0.3, -0.25) is 4.99 Å². The highest BCUT2D eigenvalue weighted by Gasteiger charge is 2.30. The molecule has 0 heterocycles. The summed E-state index contributed by atoms with van der Waals surface area (Å²) in [5, 5.41) is 0.801. The second-order valence-electron chi connectivity index (χ2n) is 3.96. The highest BCUT2D eigenvalue weighted by molar-refractivity contribution is 6.30. The fourth-order valence-electron chi connectivity index (χ4n) is 1.02. The quantitative estimate of drug-likeness (QED) is 0.594. The fourth-order valence-corrected chi connectivity index (χ4v) is 1.07. The van der Waals surface area contributed by atoms with E-state index in [1.54, 1.807) is 32.3 Å². The first-order valence-corrected chi connectivity index (χ1v) is 7.11. The Labute approximate surface area is 135 Å². The summed E-state index contributed by atoms with van der Waals surface area (Å²) < 4.78 is 38.5. The van der Waals surface area contributed by atoms with Gasteiger partial charge in [0, 0.05) is 18.3 Å². The number of hydrogen-bond acceptors (Lipinski definition) is 2. The number of halogens is 4. The summed E-state index contributed by atoms with van der Waals surface area (Å²) in [6.07, 6.45) is -2.86. The zero-order valence-corrected chi connectivity index (χ0v) is 14.5. The van der Waals surface area contributed by atoms with Crippen LogP contribution in [-0.2, 0) is 0 Å². The van der Waals surface area contributed by atoms with Crippen LogP contribution in [0, 0.1) is 6.92 Å². The molecule has 0 unspecified atom stereocenters. The van der Waals surface area contributed by atoms with Crippen molar-refractivity contribution in [2.75, 3.05) is 7.05 Å². The molecule has 0 bridgehead atoms. The minimum atomic E-state index is -4.60. The number of ether oxygens (including phenoxy) is 1. The molecule has 0 aromatic heterocycles. The number of nitrogens with zero attached hydrogens (tertiary/aromatic N) is 1. The summed E-state index contributed by atoms with van der Waals surface area (Å²) in [5.41, 5.74) is 1.92. The van der Waals surface area contributed by atoms with E-state index in [-0.39, 0.29) is 5.75 Å². The molecule has 0 aliphatic rings. The summed E-state index contributed by atoms with van der Waals surface area (Å²) >= 11 is 5.60. The van der Waals surface area contributed by atoms with Crippen LogP contribution < -0.4 is 4.74 Å². The average Bonchev–Trinajstić information content (AvgIpc) is 2.43. The maximum Gasteiger partial charge on any atom is 0.573 e. The molecule has 0 amide bonds. The fraction of sp³-hybridized carbons (Fsp3) is 0.438. The Kier molecular flexibility index (Phi) is 12.5. The Morgan fingerprint density at radius 2 is 1.59 bits per heavy atom. The van der Waals surface area contributed by atoms with E-state index < -0.39 is 6.36 Å². The van der Waals surface area contributed by atoms with Crippen LogP contribution >= 0.6 is 11.6 Å². The molecule has 0 aliphatic heterocycles. The average molecular weight is 338 g/mol. The van der Waals surface area contributed by atoms with Crippen molar-refractivity contribution in [3.8, 4) is 5.75 Å². The van der Waals surface area contributed by atoms with E-state index in [9.17, 15) is 13.2 Å². The Morgan fingerprint density at radius 3 is 1.86 bits per heavy atom. The maximum absolute atomic E-state index is 11.6. The van der Waals surface area contributed by atoms with Crippen LogP contribution in [0.1, 0.15) is 33.3 Å². The summed E-state index contributed by atoms with van der Waals surface area (Å²) in [6.45, 7) is 9.56. The smallest absolute Gasteiger partial charge is 0.406 e. The Hall–Kier alpha value is -1.49. The first kappa shape index (κ1) is 22.8. The van der Waals surface area contributed by atoms with Gasteiger partial charge in [0.25, 0.3) is 0 Å². The number of aryl methyl sites for hydroxylation is 1. The standard InChI is InChI=1S/C8H7F3O.C6H10ClN.C2H6/c1-6-2-4-7(5-3-6)12-8(9,10)11;1-5(4-8-3)6(2)7;1-2/h2-5H,1H3;4H,1-3H3;1-2H3/b;6-5+,8-4?;. The zero-order chi connectivity index (χ0) is 17.8. The van der Waals surface area contributed by atoms with Gasteiger partial charge in [0.15, 0.2) is 0 Å². The predicted octanol–water partition coefficient (Wildman–Crippen LogP) is 6.14. The third kappa shape index (κ3) is 13.5. The Morgan fingerprint density at radius 1 is 1.14 bits per heavy atom. The number of aliphatic imine (C=N–C) groups is 1. The number of rotatable bonds is 2. The minimum absolute atomic E-state index is 0.187. The molecule has 0 radical (unpaired) electrons. The van der Waals surface area contributed by atoms with E-state index in [4.69, 9.17) is 11.6 Å². The highest BCUT2D eigenvalue weighted by atomic mass is 35.5. The van der Waals surface area contributed by atoms with Crippen molar-refractivity contribution >= 4 is 17.8 Å². The molecule has 0 aliphatic carbocycles. The van der Waals surface area contributed by atoms with Crippen LogP contribution in [0.5, 0.6) is 5.75 Å². The van der Waals surface area contributed by atoms with Gasteiger partial charge < -0.3 is 4.74 Å². The molecule has 6 heteroatoms. The van der Waals surface area contributed by atoms with Crippen LogP contribution in [0.2, 0.25) is 0 Å². The van der Waals surface area contributed by atoms with Crippen molar-refractivity contribution < 1.29 is 17.9 Å². The van der Waals surface area contributed by atoms with E-state index in [0.29, 0.717) is 0 Å². The molecule has 0 spiro atoms. The highest BCUT2D eigenvalue weighted by Crippen LogP contribution is 2.22. The van der Waals surface area contributed by atoms with E-state index in [1.165, 1.54) is 12.1 Å². The monoisotopic (exact) mass is 337 g/mol. The van der Waals surface area contributed by atoms with Crippen LogP contribution in [-0.4, -0.2) is 19.6 Å². The molecule has 22 heavy (non-hydrogen) atoms. The van der Waals surface area contributed by atoms with Crippen molar-refractivity contribution in [3.63, 3.8) is 0 Å². The van der Waals surface area contributed by atoms with Gasteiger partial charge in [-0.15, -0.1) is 13.2 Å². The van der Waals surface area contributed by atoms with Crippen molar-refractivity contribution in [3.05, 3.63) is 40.4 Å². The van der Waals surface area contributed by atoms with E-state index in [0.717, 1.165) is 16.2 Å². The second kappa shape index (κ2) is 12.1. The molecule has 2 nitrogen and oxygen atoms in total. The van der Waals surface area contributed by atoms with E-state index in [1.807, 2.05) is 27.7 Å². The first-order valence-electron chi connectivity index (χ1n) is 6.73. The third-order valence-corrected chi connectivity index (χ3v) is 2.42. The van der Waals surface area contributed by atoms with Crippen LogP contribution in [0.3, 0.4) is 0 Å². The summed E-state index contributed by atoms with van der Waals surface area (Å²) in [4.78, 5) is 3.79. The van der Waals surface area contributed by atoms with Crippen LogP contribution in [0.25, 0.3) is 0 Å². The lowest BCUT2D eigenvalue weighted by Gasteiger charge is -2.08. The predicted molar refractivity (Wildman–Crippen MR) is 87.9 cm³/mol. The summed E-state index contributed by atoms with van der Waals surface area (Å²) in [7, 11) is 1.73. The molecular weight excluding hydrogens is 315 g/mol. The maximum atomic E-state index is 11.6. The van der Waals surface area contributed by atoms with Gasteiger partial charge in [-0.25, -0.2) is 0 Å². The van der Waals surface area contributed by atoms with Gasteiger partial charge in [0.2, 0.25) is 0 Å². The molecule has 1 aromatic carbocycles. The van der Waals surface area contributed by atoms with Crippen molar-refractivity contribution in [2.45, 2.75) is 41.0 Å². The molecule has 0 saturated carbocycles. The minimum Gasteiger partial charge on any atom is -0.406 e. The molecule has 0 fully saturated rings. The number of benzene rings is 1. The molecule has 0 saturated heterocycles. The van der Waals surface area contributed by atoms with Gasteiger partial charge in [0.05, 0.1) is 0 Å². The van der Waals surface area contributed by atoms with Crippen molar-refractivity contribution in [1.29, 1.82) is 0 Å². The molecule has 0 N–H and O–H groups in total. The lowest BCUT2D eigenvalue weighted by molar-refractivity contribution is -0.274. The number of alkyl halides is 3. The normalized spacial score (nSPS) is 11.7. The second-order valence-corrected chi connectivity index (χ2v) is 4.53. The van der Waals surface area contributed by atoms with Crippen molar-refractivity contribution in [1.82, 2.24) is 0 Å². The largest absolute Gasteiger partial charge is 0.573 e. The molecule has 126 valence electrons. The van der Waals surface area contributed by atoms with Crippen LogP contribution in [0.15, 0.2) is 39.9 Å². The molecular formula is C16H23ClF3NO. The topological polar surface area (TPSA) is 21.6 Å². The van der Waals surface area contributed by atoms with Crippen molar-refractivity contribution in [2.24, 2.45) is 4.99 Å². The lowest BCUT2D eigenvalue weighted by atomic mass is 10.2. The lowest BCUT2D eigenvalue weighted by Crippen LogP contribution is -2.16. The molecule has 1 rings (SSSR count). The van der Waals surface area contributed by atoms with Gasteiger partial charge in [-0.1, -0.05) is 43.1 Å². The Bertz CT molecular complexity index is 461. The Balaban J connectivity index is 0. The number of hydrogen-bond donors (Lipinski definition) is 0. The van der Waals surface area contributed by atoms with Gasteiger partial charge in [0.1, 0.15) is 5.75 Å². The number of allylic oxidation sites excluding steroid dienone is 2. The summed E-state index contributed by atoms with van der Waals surface area (Å²) in [5.74, 6) is -0.187. The molecule has 1 aromatic rings.